The van der Waals surface area contributed by atoms with Crippen LogP contribution >= 0.6 is 0 Å². The summed E-state index contributed by atoms with van der Waals surface area (Å²) in [5.74, 6) is -7.27. The molecule has 2 aromatic rings. The SMILES string of the molecule is Fc1ccc(N2N=C(C(F)(F)C(F)(F)F)CC2c2cncc(N3CCNCC3)c2)c(F)c1. The fraction of sp³-hybridized carbons (Fsp3) is 0.400. The molecule has 0 radical (unpaired) electrons. The minimum atomic E-state index is -5.87. The Balaban J connectivity index is 1.75. The van der Waals surface area contributed by atoms with E-state index in [2.05, 4.69) is 15.4 Å². The molecule has 1 aromatic carbocycles. The fourth-order valence-electron chi connectivity index (χ4n) is 3.74. The predicted molar refractivity (Wildman–Crippen MR) is 104 cm³/mol. The van der Waals surface area contributed by atoms with Gasteiger partial charge in [0.1, 0.15) is 11.5 Å². The molecular formula is C20H18F7N5. The van der Waals surface area contributed by atoms with E-state index in [4.69, 9.17) is 0 Å². The van der Waals surface area contributed by atoms with E-state index in [1.165, 1.54) is 6.20 Å². The summed E-state index contributed by atoms with van der Waals surface area (Å²) in [7, 11) is 0. The Kier molecular flexibility index (Phi) is 5.74. The predicted octanol–water partition coefficient (Wildman–Crippen LogP) is 4.27. The van der Waals surface area contributed by atoms with E-state index in [0.29, 0.717) is 37.9 Å². The van der Waals surface area contributed by atoms with E-state index in [0.717, 1.165) is 17.1 Å². The lowest BCUT2D eigenvalue weighted by Crippen LogP contribution is -2.43. The lowest BCUT2D eigenvalue weighted by atomic mass is 9.99. The van der Waals surface area contributed by atoms with Crippen molar-refractivity contribution in [2.24, 2.45) is 5.10 Å². The number of alkyl halides is 5. The van der Waals surface area contributed by atoms with Crippen LogP contribution in [0.25, 0.3) is 0 Å². The second-order valence-electron chi connectivity index (χ2n) is 7.49. The third kappa shape index (κ3) is 4.10. The van der Waals surface area contributed by atoms with Gasteiger partial charge >= 0.3 is 12.1 Å². The van der Waals surface area contributed by atoms with Crippen LogP contribution in [0, 0.1) is 11.6 Å². The lowest BCUT2D eigenvalue weighted by Gasteiger charge is -2.30. The topological polar surface area (TPSA) is 43.8 Å². The van der Waals surface area contributed by atoms with Gasteiger partial charge in [0.15, 0.2) is 5.82 Å². The van der Waals surface area contributed by atoms with Crippen LogP contribution in [0.5, 0.6) is 0 Å². The highest BCUT2D eigenvalue weighted by Gasteiger charge is 2.63. The van der Waals surface area contributed by atoms with Gasteiger partial charge in [-0.1, -0.05) is 0 Å². The highest BCUT2D eigenvalue weighted by Crippen LogP contribution is 2.45. The van der Waals surface area contributed by atoms with Gasteiger partial charge in [-0.05, 0) is 23.8 Å². The summed E-state index contributed by atoms with van der Waals surface area (Å²) in [6.07, 6.45) is -3.81. The quantitative estimate of drug-likeness (QED) is 0.691. The standard InChI is InChI=1S/C20H18F7N5/c21-13-1-2-16(15(22)8-13)32-17(9-18(30-32)19(23,24)20(25,26)27)12-7-14(11-29-10-12)31-5-3-28-4-6-31/h1-2,7-8,10-11,17,28H,3-6,9H2. The Bertz CT molecular complexity index is 1020. The fourth-order valence-corrected chi connectivity index (χ4v) is 3.74. The molecule has 3 heterocycles. The molecule has 2 aliphatic rings. The van der Waals surface area contributed by atoms with Crippen molar-refractivity contribution >= 4 is 17.1 Å². The smallest absolute Gasteiger partial charge is 0.368 e. The number of piperazine rings is 1. The maximum absolute atomic E-state index is 14.4. The summed E-state index contributed by atoms with van der Waals surface area (Å²) in [4.78, 5) is 6.08. The van der Waals surface area contributed by atoms with Crippen LogP contribution in [-0.4, -0.2) is 49.0 Å². The molecule has 1 fully saturated rings. The molecule has 1 aromatic heterocycles. The number of pyridine rings is 1. The van der Waals surface area contributed by atoms with Crippen molar-refractivity contribution in [3.63, 3.8) is 0 Å². The number of anilines is 2. The maximum Gasteiger partial charge on any atom is 0.459 e. The Morgan fingerprint density at radius 2 is 1.69 bits per heavy atom. The maximum atomic E-state index is 14.4. The van der Waals surface area contributed by atoms with Gasteiger partial charge in [0.2, 0.25) is 0 Å². The van der Waals surface area contributed by atoms with Gasteiger partial charge < -0.3 is 10.2 Å². The first-order chi connectivity index (χ1) is 15.1. The monoisotopic (exact) mass is 461 g/mol. The minimum Gasteiger partial charge on any atom is -0.368 e. The van der Waals surface area contributed by atoms with Gasteiger partial charge in [0, 0.05) is 44.9 Å². The molecule has 0 spiro atoms. The summed E-state index contributed by atoms with van der Waals surface area (Å²) >= 11 is 0. The summed E-state index contributed by atoms with van der Waals surface area (Å²) in [6, 6.07) is 2.76. The molecule has 1 N–H and O–H groups in total. The zero-order valence-electron chi connectivity index (χ0n) is 16.5. The first-order valence-corrected chi connectivity index (χ1v) is 9.75. The van der Waals surface area contributed by atoms with E-state index in [-0.39, 0.29) is 5.56 Å². The number of benzene rings is 1. The number of hydrogen-bond donors (Lipinski definition) is 1. The number of aromatic nitrogens is 1. The molecular weight excluding hydrogens is 443 g/mol. The van der Waals surface area contributed by atoms with Crippen LogP contribution in [0.15, 0.2) is 41.8 Å². The number of rotatable bonds is 4. The van der Waals surface area contributed by atoms with Gasteiger partial charge in [-0.25, -0.2) is 8.78 Å². The van der Waals surface area contributed by atoms with Crippen molar-refractivity contribution in [3.05, 3.63) is 53.9 Å². The average molecular weight is 461 g/mol. The van der Waals surface area contributed by atoms with Crippen LogP contribution < -0.4 is 15.2 Å². The van der Waals surface area contributed by atoms with Gasteiger partial charge in [-0.15, -0.1) is 0 Å². The first-order valence-electron chi connectivity index (χ1n) is 9.75. The summed E-state index contributed by atoms with van der Waals surface area (Å²) in [6.45, 7) is 2.73. The van der Waals surface area contributed by atoms with E-state index in [9.17, 15) is 30.7 Å². The van der Waals surface area contributed by atoms with E-state index >= 15 is 0 Å². The number of hydrogen-bond acceptors (Lipinski definition) is 5. The Morgan fingerprint density at radius 3 is 2.34 bits per heavy atom. The highest BCUT2D eigenvalue weighted by atomic mass is 19.4. The highest BCUT2D eigenvalue weighted by molar-refractivity contribution is 5.95. The molecule has 0 bridgehead atoms. The van der Waals surface area contributed by atoms with Crippen LogP contribution in [-0.2, 0) is 0 Å². The Labute approximate surface area is 178 Å². The van der Waals surface area contributed by atoms with Crippen molar-refractivity contribution in [2.45, 2.75) is 24.6 Å². The summed E-state index contributed by atoms with van der Waals surface area (Å²) < 4.78 is 94.9. The Hall–Kier alpha value is -2.89. The molecule has 1 atom stereocenters. The second kappa shape index (κ2) is 8.23. The number of nitrogens with zero attached hydrogens (tertiary/aromatic N) is 4. The molecule has 4 rings (SSSR count). The van der Waals surface area contributed by atoms with Crippen LogP contribution in [0.1, 0.15) is 18.0 Å². The minimum absolute atomic E-state index is 0.279. The third-order valence-electron chi connectivity index (χ3n) is 5.40. The number of hydrazone groups is 1. The third-order valence-corrected chi connectivity index (χ3v) is 5.40. The molecule has 32 heavy (non-hydrogen) atoms. The van der Waals surface area contributed by atoms with Crippen molar-refractivity contribution < 1.29 is 30.7 Å². The van der Waals surface area contributed by atoms with E-state index in [1.54, 1.807) is 12.3 Å². The molecule has 0 aliphatic carbocycles. The van der Waals surface area contributed by atoms with Gasteiger partial charge in [-0.2, -0.15) is 27.1 Å². The molecule has 0 saturated carbocycles. The van der Waals surface area contributed by atoms with E-state index < -0.39 is 47.6 Å². The molecule has 0 amide bonds. The van der Waals surface area contributed by atoms with Gasteiger partial charge in [0.25, 0.3) is 0 Å². The first kappa shape index (κ1) is 22.3. The van der Waals surface area contributed by atoms with Crippen LogP contribution in [0.3, 0.4) is 0 Å². The molecule has 2 aliphatic heterocycles. The zero-order valence-corrected chi connectivity index (χ0v) is 16.5. The van der Waals surface area contributed by atoms with Gasteiger partial charge in [0.05, 0.1) is 23.6 Å². The van der Waals surface area contributed by atoms with E-state index in [1.807, 2.05) is 4.90 Å². The lowest BCUT2D eigenvalue weighted by molar-refractivity contribution is -0.249. The normalized spacial score (nSPS) is 20.0. The van der Waals surface area contributed by atoms with Gasteiger partial charge in [-0.3, -0.25) is 9.99 Å². The molecule has 172 valence electrons. The Morgan fingerprint density at radius 1 is 0.969 bits per heavy atom. The summed E-state index contributed by atoms with van der Waals surface area (Å²) in [5, 5.41) is 7.37. The van der Waals surface area contributed by atoms with Crippen LogP contribution in [0.4, 0.5) is 42.1 Å². The summed E-state index contributed by atoms with van der Waals surface area (Å²) in [5.41, 5.74) is -0.940. The zero-order chi connectivity index (χ0) is 23.1. The molecule has 1 saturated heterocycles. The van der Waals surface area contributed by atoms with Crippen molar-refractivity contribution in [3.8, 4) is 0 Å². The number of halogens is 7. The molecule has 12 heteroatoms. The number of nitrogens with one attached hydrogen (secondary N) is 1. The average Bonchev–Trinajstić information content (AvgIpc) is 3.19. The largest absolute Gasteiger partial charge is 0.459 e. The van der Waals surface area contributed by atoms with Crippen molar-refractivity contribution in [2.75, 3.05) is 36.1 Å². The van der Waals surface area contributed by atoms with Crippen LogP contribution in [0.2, 0.25) is 0 Å². The molecule has 5 nitrogen and oxygen atoms in total. The molecule has 1 unspecified atom stereocenters. The second-order valence-corrected chi connectivity index (χ2v) is 7.49. The van der Waals surface area contributed by atoms with Crippen molar-refractivity contribution in [1.82, 2.24) is 10.3 Å². The van der Waals surface area contributed by atoms with Crippen molar-refractivity contribution in [1.29, 1.82) is 0 Å².